The molecule has 0 aliphatic carbocycles. The predicted octanol–water partition coefficient (Wildman–Crippen LogP) is 17.5. The minimum atomic E-state index is -0.791. The first-order valence-electron chi connectivity index (χ1n) is 28.6. The van der Waals surface area contributed by atoms with Crippen molar-refractivity contribution in [3.63, 3.8) is 0 Å². The summed E-state index contributed by atoms with van der Waals surface area (Å²) in [5.41, 5.74) is 0. The lowest BCUT2D eigenvalue weighted by Gasteiger charge is -2.24. The Balaban J connectivity index is 4.58. The van der Waals surface area contributed by atoms with Gasteiger partial charge < -0.3 is 20.3 Å². The second kappa shape index (κ2) is 52.3. The molecular weight excluding hydrogens is 791 g/mol. The third kappa shape index (κ3) is 46.9. The zero-order chi connectivity index (χ0) is 46.7. The molecule has 0 saturated carbocycles. The van der Waals surface area contributed by atoms with Crippen molar-refractivity contribution in [3.8, 4) is 0 Å². The normalized spacial score (nSPS) is 13.3. The maximum Gasteiger partial charge on any atom is 0.306 e. The van der Waals surface area contributed by atoms with Gasteiger partial charge in [0.25, 0.3) is 0 Å². The van der Waals surface area contributed by atoms with E-state index < -0.39 is 18.2 Å². The topological polar surface area (TPSA) is 95.9 Å². The Bertz CT molecular complexity index is 1010. The van der Waals surface area contributed by atoms with Crippen molar-refractivity contribution in [1.82, 2.24) is 5.32 Å². The fourth-order valence-electron chi connectivity index (χ4n) is 8.95. The van der Waals surface area contributed by atoms with Gasteiger partial charge >= 0.3 is 5.97 Å². The molecule has 0 fully saturated rings. The number of hydrogen-bond donors (Lipinski definition) is 3. The second-order valence-corrected chi connectivity index (χ2v) is 19.7. The molecule has 0 aromatic heterocycles. The van der Waals surface area contributed by atoms with Gasteiger partial charge in [-0.05, 0) is 51.4 Å². The van der Waals surface area contributed by atoms with E-state index in [4.69, 9.17) is 4.74 Å². The Morgan fingerprint density at radius 2 is 0.781 bits per heavy atom. The summed E-state index contributed by atoms with van der Waals surface area (Å²) in [7, 11) is 0. The summed E-state index contributed by atoms with van der Waals surface area (Å²) < 4.78 is 5.95. The van der Waals surface area contributed by atoms with E-state index in [2.05, 4.69) is 50.4 Å². The van der Waals surface area contributed by atoms with Crippen LogP contribution in [0.2, 0.25) is 0 Å². The Hall–Kier alpha value is -1.66. The van der Waals surface area contributed by atoms with Gasteiger partial charge in [-0.25, -0.2) is 0 Å². The van der Waals surface area contributed by atoms with Crippen LogP contribution >= 0.6 is 0 Å². The first-order valence-corrected chi connectivity index (χ1v) is 28.6. The van der Waals surface area contributed by atoms with E-state index in [9.17, 15) is 19.8 Å². The molecular formula is C58H111NO5. The number of amides is 1. The molecule has 3 N–H and O–H groups in total. The van der Waals surface area contributed by atoms with Crippen LogP contribution < -0.4 is 5.32 Å². The van der Waals surface area contributed by atoms with Crippen molar-refractivity contribution in [1.29, 1.82) is 0 Å². The largest absolute Gasteiger partial charge is 0.462 e. The van der Waals surface area contributed by atoms with Crippen molar-refractivity contribution >= 4 is 11.9 Å². The van der Waals surface area contributed by atoms with E-state index in [-0.39, 0.29) is 24.9 Å². The summed E-state index contributed by atoms with van der Waals surface area (Å²) in [5, 5.41) is 23.8. The number of ether oxygens (including phenoxy) is 1. The van der Waals surface area contributed by atoms with Crippen molar-refractivity contribution in [3.05, 3.63) is 24.3 Å². The third-order valence-corrected chi connectivity index (χ3v) is 13.3. The number of rotatable bonds is 52. The van der Waals surface area contributed by atoms with Crippen LogP contribution in [-0.4, -0.2) is 46.9 Å². The molecule has 3 unspecified atom stereocenters. The Kier molecular flexibility index (Phi) is 51.0. The molecule has 0 saturated heterocycles. The van der Waals surface area contributed by atoms with E-state index in [1.54, 1.807) is 0 Å². The summed E-state index contributed by atoms with van der Waals surface area (Å²) in [4.78, 5) is 26.2. The van der Waals surface area contributed by atoms with Gasteiger partial charge in [0.05, 0.1) is 25.2 Å². The molecule has 0 aromatic rings. The number of nitrogens with one attached hydrogen (secondary N) is 1. The van der Waals surface area contributed by atoms with Crippen molar-refractivity contribution < 1.29 is 24.5 Å². The van der Waals surface area contributed by atoms with Gasteiger partial charge in [0.2, 0.25) is 5.91 Å². The van der Waals surface area contributed by atoms with Crippen LogP contribution in [0.25, 0.3) is 0 Å². The van der Waals surface area contributed by atoms with Gasteiger partial charge in [0, 0.05) is 6.42 Å². The highest BCUT2D eigenvalue weighted by atomic mass is 16.5. The highest BCUT2D eigenvalue weighted by molar-refractivity contribution is 5.77. The summed E-state index contributed by atoms with van der Waals surface area (Å²) in [6.07, 6.45) is 61.0. The van der Waals surface area contributed by atoms with E-state index in [1.165, 1.54) is 199 Å². The van der Waals surface area contributed by atoms with E-state index in [0.29, 0.717) is 19.3 Å². The number of carbonyl (C=O) groups excluding carboxylic acids is 2. The molecule has 0 spiro atoms. The smallest absolute Gasteiger partial charge is 0.306 e. The summed E-state index contributed by atoms with van der Waals surface area (Å²) in [6.45, 7) is 6.51. The highest BCUT2D eigenvalue weighted by Crippen LogP contribution is 2.18. The van der Waals surface area contributed by atoms with Gasteiger partial charge in [-0.15, -0.1) is 0 Å². The summed E-state index contributed by atoms with van der Waals surface area (Å²) >= 11 is 0. The second-order valence-electron chi connectivity index (χ2n) is 19.7. The quantitative estimate of drug-likeness (QED) is 0.0321. The lowest BCUT2D eigenvalue weighted by molar-refractivity contribution is -0.151. The van der Waals surface area contributed by atoms with E-state index >= 15 is 0 Å². The molecule has 0 aliphatic rings. The summed E-state index contributed by atoms with van der Waals surface area (Å²) in [5.74, 6) is -0.481. The Morgan fingerprint density at radius 3 is 1.17 bits per heavy atom. The first-order chi connectivity index (χ1) is 31.5. The third-order valence-electron chi connectivity index (χ3n) is 13.3. The van der Waals surface area contributed by atoms with Crippen LogP contribution in [0.15, 0.2) is 24.3 Å². The monoisotopic (exact) mass is 902 g/mol. The number of esters is 1. The zero-order valence-electron chi connectivity index (χ0n) is 43.2. The fraction of sp³-hybridized carbons (Fsp3) is 0.897. The number of aliphatic hydroxyl groups is 2. The molecule has 0 radical (unpaired) electrons. The molecule has 0 bridgehead atoms. The fourth-order valence-corrected chi connectivity index (χ4v) is 8.95. The minimum absolute atomic E-state index is 0.0656. The molecule has 6 heteroatoms. The van der Waals surface area contributed by atoms with Crippen molar-refractivity contribution in [2.24, 2.45) is 0 Å². The molecule has 3 atom stereocenters. The van der Waals surface area contributed by atoms with Gasteiger partial charge in [-0.1, -0.05) is 270 Å². The average Bonchev–Trinajstić information content (AvgIpc) is 3.29. The van der Waals surface area contributed by atoms with Gasteiger partial charge in [-0.3, -0.25) is 9.59 Å². The van der Waals surface area contributed by atoms with E-state index in [0.717, 1.165) is 64.2 Å². The van der Waals surface area contributed by atoms with Crippen LogP contribution in [0, 0.1) is 0 Å². The van der Waals surface area contributed by atoms with Crippen LogP contribution in [0.4, 0.5) is 0 Å². The number of aliphatic hydroxyl groups excluding tert-OH is 2. The maximum absolute atomic E-state index is 13.2. The van der Waals surface area contributed by atoms with E-state index in [1.807, 2.05) is 0 Å². The van der Waals surface area contributed by atoms with Crippen LogP contribution in [0.3, 0.4) is 0 Å². The molecule has 378 valence electrons. The lowest BCUT2D eigenvalue weighted by atomic mass is 10.0. The summed E-state index contributed by atoms with van der Waals surface area (Å²) in [6, 6.07) is -0.706. The molecule has 1 amide bonds. The van der Waals surface area contributed by atoms with Crippen LogP contribution in [0.1, 0.15) is 310 Å². The highest BCUT2D eigenvalue weighted by Gasteiger charge is 2.24. The molecule has 0 aliphatic heterocycles. The first kappa shape index (κ1) is 62.3. The average molecular weight is 903 g/mol. The van der Waals surface area contributed by atoms with Gasteiger partial charge in [0.15, 0.2) is 0 Å². The van der Waals surface area contributed by atoms with Gasteiger partial charge in [-0.2, -0.15) is 0 Å². The molecule has 0 rings (SSSR count). The van der Waals surface area contributed by atoms with Crippen molar-refractivity contribution in [2.45, 2.75) is 328 Å². The number of carbonyl (C=O) groups is 2. The maximum atomic E-state index is 13.2. The Labute approximate surface area is 399 Å². The van der Waals surface area contributed by atoms with Crippen molar-refractivity contribution in [2.75, 3.05) is 6.61 Å². The minimum Gasteiger partial charge on any atom is -0.462 e. The SMILES string of the molecule is CCCCCCCCC/C=C/C=C/CCCCCC(CC(=O)NC(CO)C(O)CCCCCCCCCCCCCCC)OC(=O)CCCCCCCCCCCCCCCCCC. The van der Waals surface area contributed by atoms with Gasteiger partial charge in [0.1, 0.15) is 6.10 Å². The molecule has 6 nitrogen and oxygen atoms in total. The lowest BCUT2D eigenvalue weighted by Crippen LogP contribution is -2.46. The number of hydrogen-bond acceptors (Lipinski definition) is 5. The van der Waals surface area contributed by atoms with Crippen LogP contribution in [0.5, 0.6) is 0 Å². The molecule has 64 heavy (non-hydrogen) atoms. The Morgan fingerprint density at radius 1 is 0.453 bits per heavy atom. The molecule has 0 heterocycles. The number of unbranched alkanes of at least 4 members (excludes halogenated alkanes) is 37. The zero-order valence-corrected chi connectivity index (χ0v) is 43.2. The standard InChI is InChI=1S/C58H111NO5/c1-4-7-10-13-16-19-22-25-27-29-32-34-37-40-43-46-49-54(64-58(63)51-48-45-42-39-36-33-30-28-26-23-20-17-14-11-8-5-2)52-57(62)59-55(53-60)56(61)50-47-44-41-38-35-31-24-21-18-15-12-9-6-3/h27,29,32,34,54-56,60-61H,4-26,28,30-31,33,35-53H2,1-3H3,(H,59,62)/b29-27+,34-32+. The van der Waals surface area contributed by atoms with Crippen LogP contribution in [-0.2, 0) is 14.3 Å². The number of allylic oxidation sites excluding steroid dienone is 4. The predicted molar refractivity (Wildman–Crippen MR) is 278 cm³/mol. The molecule has 0 aromatic carbocycles.